The molecule has 0 amide bonds. The zero-order chi connectivity index (χ0) is 15.9. The number of ether oxygens (including phenoxy) is 1. The molecule has 0 saturated carbocycles. The highest BCUT2D eigenvalue weighted by atomic mass is 16.5. The van der Waals surface area contributed by atoms with Gasteiger partial charge in [-0.1, -0.05) is 6.07 Å². The molecule has 0 unspecified atom stereocenters. The van der Waals surface area contributed by atoms with Gasteiger partial charge in [-0.25, -0.2) is 4.98 Å². The summed E-state index contributed by atoms with van der Waals surface area (Å²) in [6, 6.07) is 6.43. The summed E-state index contributed by atoms with van der Waals surface area (Å²) in [6.07, 6.45) is 8.55. The first-order valence-electron chi connectivity index (χ1n) is 8.15. The first-order chi connectivity index (χ1) is 11.2. The van der Waals surface area contributed by atoms with Crippen LogP contribution in [-0.2, 0) is 6.42 Å². The number of benzene rings is 1. The minimum Gasteiger partial charge on any atom is -0.497 e. The topological polar surface area (TPSA) is 64.3 Å². The van der Waals surface area contributed by atoms with E-state index in [1.54, 1.807) is 19.5 Å². The molecule has 0 radical (unpaired) electrons. The molecule has 2 aromatic rings. The van der Waals surface area contributed by atoms with Crippen LogP contribution >= 0.6 is 0 Å². The Bertz CT molecular complexity index is 695. The van der Waals surface area contributed by atoms with Gasteiger partial charge in [-0.3, -0.25) is 4.98 Å². The Morgan fingerprint density at radius 1 is 1.26 bits per heavy atom. The lowest BCUT2D eigenvalue weighted by Gasteiger charge is -2.42. The standard InChI is InChI=1S/C18H22N4O/c1-23-14-3-2-13-11-18(17(19)15(13)10-14)4-8-22(9-5-18)16-12-20-6-7-21-16/h2-3,6-7,10,12,17H,4-5,8-9,11,19H2,1H3/t17-/m1/s1. The SMILES string of the molecule is COc1ccc2c(c1)[C@@H](N)C1(CCN(c3cnccn3)CC1)C2. The molecule has 5 nitrogen and oxygen atoms in total. The second-order valence-electron chi connectivity index (χ2n) is 6.63. The molecule has 1 saturated heterocycles. The Labute approximate surface area is 136 Å². The van der Waals surface area contributed by atoms with Crippen LogP contribution in [0, 0.1) is 5.41 Å². The molecule has 2 N–H and O–H groups in total. The summed E-state index contributed by atoms with van der Waals surface area (Å²) in [4.78, 5) is 10.9. The predicted octanol–water partition coefficient (Wildman–Crippen LogP) is 2.33. The largest absolute Gasteiger partial charge is 0.497 e. The van der Waals surface area contributed by atoms with E-state index in [2.05, 4.69) is 27.0 Å². The van der Waals surface area contributed by atoms with E-state index in [9.17, 15) is 0 Å². The molecule has 2 heterocycles. The fourth-order valence-electron chi connectivity index (χ4n) is 4.09. The Kier molecular flexibility index (Phi) is 3.45. The molecule has 1 aromatic carbocycles. The average molecular weight is 310 g/mol. The van der Waals surface area contributed by atoms with Gasteiger partial charge in [-0.15, -0.1) is 0 Å². The molecule has 23 heavy (non-hydrogen) atoms. The molecular weight excluding hydrogens is 288 g/mol. The molecule has 4 rings (SSSR count). The second kappa shape index (κ2) is 5.49. The van der Waals surface area contributed by atoms with Gasteiger partial charge in [0.15, 0.2) is 0 Å². The molecule has 1 spiro atoms. The number of piperidine rings is 1. The van der Waals surface area contributed by atoms with Crippen LogP contribution in [0.1, 0.15) is 30.0 Å². The third-order valence-corrected chi connectivity index (χ3v) is 5.52. The van der Waals surface area contributed by atoms with Crippen molar-refractivity contribution < 1.29 is 4.74 Å². The van der Waals surface area contributed by atoms with Crippen LogP contribution in [0.5, 0.6) is 5.75 Å². The lowest BCUT2D eigenvalue weighted by atomic mass is 9.73. The first kappa shape index (κ1) is 14.5. The number of methoxy groups -OCH3 is 1. The minimum absolute atomic E-state index is 0.0941. The van der Waals surface area contributed by atoms with E-state index in [0.717, 1.165) is 43.9 Å². The smallest absolute Gasteiger partial charge is 0.147 e. The normalized spacial score (nSPS) is 22.2. The summed E-state index contributed by atoms with van der Waals surface area (Å²) in [6.45, 7) is 1.97. The van der Waals surface area contributed by atoms with Crippen molar-refractivity contribution in [3.8, 4) is 5.75 Å². The van der Waals surface area contributed by atoms with E-state index < -0.39 is 0 Å². The summed E-state index contributed by atoms with van der Waals surface area (Å²) in [5.74, 6) is 1.86. The molecular formula is C18H22N4O. The van der Waals surface area contributed by atoms with E-state index in [1.807, 2.05) is 12.3 Å². The van der Waals surface area contributed by atoms with Crippen molar-refractivity contribution in [2.45, 2.75) is 25.3 Å². The summed E-state index contributed by atoms with van der Waals surface area (Å²) >= 11 is 0. The van der Waals surface area contributed by atoms with Crippen LogP contribution < -0.4 is 15.4 Å². The van der Waals surface area contributed by atoms with Crippen LogP contribution in [0.25, 0.3) is 0 Å². The molecule has 1 atom stereocenters. The lowest BCUT2D eigenvalue weighted by Crippen LogP contribution is -2.44. The highest BCUT2D eigenvalue weighted by Gasteiger charge is 2.46. The third kappa shape index (κ3) is 2.36. The number of nitrogens with two attached hydrogens (primary N) is 1. The van der Waals surface area contributed by atoms with Gasteiger partial charge in [0, 0.05) is 31.5 Å². The van der Waals surface area contributed by atoms with Gasteiger partial charge in [0.05, 0.1) is 13.3 Å². The van der Waals surface area contributed by atoms with E-state index in [1.165, 1.54) is 11.1 Å². The maximum Gasteiger partial charge on any atom is 0.147 e. The molecule has 2 aliphatic rings. The average Bonchev–Trinajstić information content (AvgIpc) is 2.88. The van der Waals surface area contributed by atoms with Crippen molar-refractivity contribution in [2.24, 2.45) is 11.1 Å². The monoisotopic (exact) mass is 310 g/mol. The molecule has 1 aliphatic carbocycles. The molecule has 1 aliphatic heterocycles. The lowest BCUT2D eigenvalue weighted by molar-refractivity contribution is 0.187. The van der Waals surface area contributed by atoms with Crippen molar-refractivity contribution in [1.29, 1.82) is 0 Å². The van der Waals surface area contributed by atoms with Gasteiger partial charge in [0.2, 0.25) is 0 Å². The molecule has 1 fully saturated rings. The van der Waals surface area contributed by atoms with Crippen LogP contribution in [-0.4, -0.2) is 30.2 Å². The van der Waals surface area contributed by atoms with Crippen LogP contribution in [0.4, 0.5) is 5.82 Å². The van der Waals surface area contributed by atoms with E-state index in [-0.39, 0.29) is 11.5 Å². The zero-order valence-electron chi connectivity index (χ0n) is 13.4. The Balaban J connectivity index is 1.53. The number of anilines is 1. The summed E-state index contributed by atoms with van der Waals surface area (Å²) in [5.41, 5.74) is 9.48. The van der Waals surface area contributed by atoms with Gasteiger partial charge in [-0.2, -0.15) is 0 Å². The van der Waals surface area contributed by atoms with Crippen molar-refractivity contribution in [3.05, 3.63) is 47.9 Å². The molecule has 0 bridgehead atoms. The van der Waals surface area contributed by atoms with Gasteiger partial charge < -0.3 is 15.4 Å². The van der Waals surface area contributed by atoms with Gasteiger partial charge in [0.25, 0.3) is 0 Å². The Morgan fingerprint density at radius 3 is 2.78 bits per heavy atom. The van der Waals surface area contributed by atoms with E-state index >= 15 is 0 Å². The molecule has 1 aromatic heterocycles. The molecule has 5 heteroatoms. The highest BCUT2D eigenvalue weighted by molar-refractivity contribution is 5.44. The maximum atomic E-state index is 6.66. The summed E-state index contributed by atoms with van der Waals surface area (Å²) in [7, 11) is 1.71. The van der Waals surface area contributed by atoms with Gasteiger partial charge >= 0.3 is 0 Å². The minimum atomic E-state index is 0.0941. The maximum absolute atomic E-state index is 6.66. The van der Waals surface area contributed by atoms with E-state index in [0.29, 0.717) is 0 Å². The fourth-order valence-corrected chi connectivity index (χ4v) is 4.09. The quantitative estimate of drug-likeness (QED) is 0.922. The number of aromatic nitrogens is 2. The van der Waals surface area contributed by atoms with Crippen molar-refractivity contribution >= 4 is 5.82 Å². The first-order valence-corrected chi connectivity index (χ1v) is 8.15. The van der Waals surface area contributed by atoms with Crippen LogP contribution in [0.2, 0.25) is 0 Å². The fraction of sp³-hybridized carbons (Fsp3) is 0.444. The van der Waals surface area contributed by atoms with Crippen molar-refractivity contribution in [3.63, 3.8) is 0 Å². The number of nitrogens with zero attached hydrogens (tertiary/aromatic N) is 3. The van der Waals surface area contributed by atoms with Gasteiger partial charge in [-0.05, 0) is 47.9 Å². The predicted molar refractivity (Wildman–Crippen MR) is 89.5 cm³/mol. The number of rotatable bonds is 2. The Hall–Kier alpha value is -2.14. The highest BCUT2D eigenvalue weighted by Crippen LogP contribution is 2.51. The second-order valence-corrected chi connectivity index (χ2v) is 6.63. The number of fused-ring (bicyclic) bond motifs is 1. The number of hydrogen-bond acceptors (Lipinski definition) is 5. The van der Waals surface area contributed by atoms with Crippen molar-refractivity contribution in [2.75, 3.05) is 25.1 Å². The van der Waals surface area contributed by atoms with Crippen molar-refractivity contribution in [1.82, 2.24) is 9.97 Å². The zero-order valence-corrected chi connectivity index (χ0v) is 13.4. The van der Waals surface area contributed by atoms with Gasteiger partial charge in [0.1, 0.15) is 11.6 Å². The van der Waals surface area contributed by atoms with Crippen LogP contribution in [0.3, 0.4) is 0 Å². The molecule has 120 valence electrons. The van der Waals surface area contributed by atoms with Crippen LogP contribution in [0.15, 0.2) is 36.8 Å². The third-order valence-electron chi connectivity index (χ3n) is 5.52. The number of hydrogen-bond donors (Lipinski definition) is 1. The summed E-state index contributed by atoms with van der Waals surface area (Å²) in [5, 5.41) is 0. The van der Waals surface area contributed by atoms with E-state index in [4.69, 9.17) is 10.5 Å². The summed E-state index contributed by atoms with van der Waals surface area (Å²) < 4.78 is 5.36. The Morgan fingerprint density at radius 2 is 2.09 bits per heavy atom.